The molecule has 1 aromatic heterocycles. The van der Waals surface area contributed by atoms with Gasteiger partial charge in [-0.2, -0.15) is 0 Å². The highest BCUT2D eigenvalue weighted by Gasteiger charge is 2.11. The molecule has 0 aliphatic heterocycles. The van der Waals surface area contributed by atoms with Gasteiger partial charge >= 0.3 is 0 Å². The van der Waals surface area contributed by atoms with Crippen LogP contribution in [0.4, 0.5) is 5.69 Å². The molecule has 2 aromatic rings. The third-order valence-electron chi connectivity index (χ3n) is 4.13. The Morgan fingerprint density at radius 3 is 2.36 bits per heavy atom. The van der Waals surface area contributed by atoms with E-state index in [1.807, 2.05) is 25.1 Å². The van der Waals surface area contributed by atoms with E-state index in [9.17, 15) is 0 Å². The number of nitrogens with zero attached hydrogens (tertiary/aromatic N) is 2. The lowest BCUT2D eigenvalue weighted by Crippen LogP contribution is -2.35. The highest BCUT2D eigenvalue weighted by atomic mass is 16.5. The number of nitrogens with one attached hydrogen (secondary N) is 1. The molecule has 1 aromatic carbocycles. The fourth-order valence-corrected chi connectivity index (χ4v) is 3.20. The van der Waals surface area contributed by atoms with E-state index in [2.05, 4.69) is 44.0 Å². The molecule has 25 heavy (non-hydrogen) atoms. The van der Waals surface area contributed by atoms with Crippen molar-refractivity contribution in [2.45, 2.75) is 34.6 Å². The summed E-state index contributed by atoms with van der Waals surface area (Å²) in [5, 5.41) is 4.69. The molecule has 0 radical (unpaired) electrons. The van der Waals surface area contributed by atoms with Crippen LogP contribution in [0.2, 0.25) is 0 Å². The van der Waals surface area contributed by atoms with E-state index in [1.54, 1.807) is 7.11 Å². The first-order chi connectivity index (χ1) is 11.9. The van der Waals surface area contributed by atoms with Crippen LogP contribution >= 0.6 is 0 Å². The topological polar surface area (TPSA) is 37.4 Å². The monoisotopic (exact) mass is 343 g/mol. The van der Waals surface area contributed by atoms with Gasteiger partial charge in [0.25, 0.3) is 0 Å². The Morgan fingerprint density at radius 2 is 1.76 bits per heavy atom. The van der Waals surface area contributed by atoms with Crippen LogP contribution in [0, 0.1) is 18.8 Å². The van der Waals surface area contributed by atoms with Gasteiger partial charge in [0.05, 0.1) is 18.3 Å². The van der Waals surface area contributed by atoms with Crippen molar-refractivity contribution in [3.05, 3.63) is 30.0 Å². The van der Waals surface area contributed by atoms with Crippen molar-refractivity contribution in [1.29, 1.82) is 0 Å². The van der Waals surface area contributed by atoms with Crippen molar-refractivity contribution < 1.29 is 4.74 Å². The second-order valence-electron chi connectivity index (χ2n) is 7.67. The molecular formula is C21H33N3O. The predicted octanol–water partition coefficient (Wildman–Crippen LogP) is 4.58. The summed E-state index contributed by atoms with van der Waals surface area (Å²) < 4.78 is 5.45. The number of rotatable bonds is 9. The van der Waals surface area contributed by atoms with Gasteiger partial charge in [-0.3, -0.25) is 4.98 Å². The fourth-order valence-electron chi connectivity index (χ4n) is 3.20. The average molecular weight is 344 g/mol. The van der Waals surface area contributed by atoms with Crippen molar-refractivity contribution in [1.82, 2.24) is 9.88 Å². The zero-order valence-corrected chi connectivity index (χ0v) is 16.6. The molecule has 2 rings (SSSR count). The minimum Gasteiger partial charge on any atom is -0.497 e. The van der Waals surface area contributed by atoms with E-state index in [0.29, 0.717) is 11.8 Å². The second-order valence-corrected chi connectivity index (χ2v) is 7.67. The number of ether oxygens (including phenoxy) is 1. The second kappa shape index (κ2) is 9.04. The molecule has 0 unspecified atom stereocenters. The van der Waals surface area contributed by atoms with E-state index < -0.39 is 0 Å². The minimum atomic E-state index is 0.681. The van der Waals surface area contributed by atoms with E-state index in [1.165, 1.54) is 0 Å². The third kappa shape index (κ3) is 5.89. The van der Waals surface area contributed by atoms with Gasteiger partial charge in [-0.25, -0.2) is 0 Å². The van der Waals surface area contributed by atoms with E-state index in [-0.39, 0.29) is 0 Å². The molecule has 0 fully saturated rings. The standard InChI is InChI=1S/C21H33N3O/c1-15(2)13-24(14-16(3)4)10-9-22-20-12-19(25-6)11-18-8-7-17(5)23-21(18)20/h7-8,11-12,15-16,22H,9-10,13-14H2,1-6H3. The lowest BCUT2D eigenvalue weighted by atomic mass is 10.1. The quantitative estimate of drug-likeness (QED) is 0.723. The van der Waals surface area contributed by atoms with Crippen molar-refractivity contribution in [2.75, 3.05) is 38.6 Å². The Kier molecular flexibility index (Phi) is 7.06. The van der Waals surface area contributed by atoms with Crippen molar-refractivity contribution in [3.63, 3.8) is 0 Å². The molecule has 138 valence electrons. The van der Waals surface area contributed by atoms with Gasteiger partial charge in [0.15, 0.2) is 0 Å². The van der Waals surface area contributed by atoms with Crippen LogP contribution in [-0.2, 0) is 0 Å². The van der Waals surface area contributed by atoms with Crippen LogP contribution in [0.5, 0.6) is 5.75 Å². The predicted molar refractivity (Wildman–Crippen MR) is 108 cm³/mol. The molecule has 0 atom stereocenters. The van der Waals surface area contributed by atoms with E-state index in [0.717, 1.165) is 54.2 Å². The first kappa shape index (κ1) is 19.5. The molecule has 0 spiro atoms. The summed E-state index contributed by atoms with van der Waals surface area (Å²) in [6.45, 7) is 15.4. The van der Waals surface area contributed by atoms with Crippen LogP contribution in [0.15, 0.2) is 24.3 Å². The van der Waals surface area contributed by atoms with Gasteiger partial charge in [-0.05, 0) is 30.9 Å². The molecule has 1 heterocycles. The van der Waals surface area contributed by atoms with Gasteiger partial charge in [-0.15, -0.1) is 0 Å². The maximum atomic E-state index is 5.45. The van der Waals surface area contributed by atoms with Crippen LogP contribution < -0.4 is 10.1 Å². The van der Waals surface area contributed by atoms with Crippen LogP contribution in [-0.4, -0.2) is 43.2 Å². The largest absolute Gasteiger partial charge is 0.497 e. The summed E-state index contributed by atoms with van der Waals surface area (Å²) in [4.78, 5) is 7.26. The van der Waals surface area contributed by atoms with Crippen molar-refractivity contribution in [2.24, 2.45) is 11.8 Å². The normalized spacial score (nSPS) is 11.7. The van der Waals surface area contributed by atoms with Gasteiger partial charge in [-0.1, -0.05) is 33.8 Å². The molecule has 0 saturated heterocycles. The Hall–Kier alpha value is -1.81. The molecule has 0 aliphatic rings. The summed E-state index contributed by atoms with van der Waals surface area (Å²) in [5.74, 6) is 2.23. The van der Waals surface area contributed by atoms with Gasteiger partial charge < -0.3 is 15.0 Å². The zero-order valence-electron chi connectivity index (χ0n) is 16.6. The summed E-state index contributed by atoms with van der Waals surface area (Å²) in [6, 6.07) is 8.23. The number of aromatic nitrogens is 1. The maximum Gasteiger partial charge on any atom is 0.121 e. The SMILES string of the molecule is COc1cc(NCCN(CC(C)C)CC(C)C)c2nc(C)ccc2c1. The molecule has 1 N–H and O–H groups in total. The summed E-state index contributed by atoms with van der Waals surface area (Å²) in [6.07, 6.45) is 0. The Labute approximate surface area is 152 Å². The third-order valence-corrected chi connectivity index (χ3v) is 4.13. The molecule has 0 bridgehead atoms. The number of hydrogen-bond acceptors (Lipinski definition) is 4. The van der Waals surface area contributed by atoms with Crippen LogP contribution in [0.25, 0.3) is 10.9 Å². The summed E-state index contributed by atoms with van der Waals surface area (Å²) in [5.41, 5.74) is 3.09. The summed E-state index contributed by atoms with van der Waals surface area (Å²) in [7, 11) is 1.71. The average Bonchev–Trinajstić information content (AvgIpc) is 2.53. The van der Waals surface area contributed by atoms with Gasteiger partial charge in [0.1, 0.15) is 5.75 Å². The first-order valence-electron chi connectivity index (χ1n) is 9.30. The van der Waals surface area contributed by atoms with Gasteiger partial charge in [0.2, 0.25) is 0 Å². The Morgan fingerprint density at radius 1 is 1.08 bits per heavy atom. The Bertz CT molecular complexity index is 672. The first-order valence-corrected chi connectivity index (χ1v) is 9.30. The molecule has 0 aliphatic carbocycles. The number of hydrogen-bond donors (Lipinski definition) is 1. The molecule has 4 heteroatoms. The van der Waals surface area contributed by atoms with Crippen molar-refractivity contribution >= 4 is 16.6 Å². The van der Waals surface area contributed by atoms with Crippen LogP contribution in [0.1, 0.15) is 33.4 Å². The number of benzene rings is 1. The van der Waals surface area contributed by atoms with Crippen molar-refractivity contribution in [3.8, 4) is 5.75 Å². The number of pyridine rings is 1. The van der Waals surface area contributed by atoms with E-state index >= 15 is 0 Å². The Balaban J connectivity index is 2.11. The number of anilines is 1. The molecule has 0 amide bonds. The lowest BCUT2D eigenvalue weighted by Gasteiger charge is -2.26. The number of aryl methyl sites for hydroxylation is 1. The highest BCUT2D eigenvalue weighted by Crippen LogP contribution is 2.28. The van der Waals surface area contributed by atoms with E-state index in [4.69, 9.17) is 9.72 Å². The molecule has 0 saturated carbocycles. The minimum absolute atomic E-state index is 0.681. The highest BCUT2D eigenvalue weighted by molar-refractivity contribution is 5.92. The zero-order chi connectivity index (χ0) is 18.4. The molecular weight excluding hydrogens is 310 g/mol. The lowest BCUT2D eigenvalue weighted by molar-refractivity contribution is 0.227. The number of methoxy groups -OCH3 is 1. The van der Waals surface area contributed by atoms with Gasteiger partial charge in [0, 0.05) is 43.3 Å². The smallest absolute Gasteiger partial charge is 0.121 e. The fraction of sp³-hybridized carbons (Fsp3) is 0.571. The number of fused-ring (bicyclic) bond motifs is 1. The molecule has 4 nitrogen and oxygen atoms in total. The maximum absolute atomic E-state index is 5.45. The van der Waals surface area contributed by atoms with Crippen LogP contribution in [0.3, 0.4) is 0 Å². The summed E-state index contributed by atoms with van der Waals surface area (Å²) >= 11 is 0.